The molecule has 1 aromatic carbocycles. The largest absolute Gasteiger partial charge is 0.387 e. The summed E-state index contributed by atoms with van der Waals surface area (Å²) in [5.74, 6) is 0. The Morgan fingerprint density at radius 1 is 1.38 bits per heavy atom. The molecule has 0 heterocycles. The molecule has 0 aliphatic rings. The van der Waals surface area contributed by atoms with Crippen LogP contribution in [-0.2, 0) is 10.0 Å². The first kappa shape index (κ1) is 10.0. The number of hydrogen-bond donors (Lipinski definition) is 2. The van der Waals surface area contributed by atoms with Gasteiger partial charge in [-0.15, -0.1) is 0 Å². The molecule has 4 nitrogen and oxygen atoms in total. The number of nitrogens with two attached hydrogens (primary N) is 1. The lowest BCUT2D eigenvalue weighted by Gasteiger charge is -2.09. The lowest BCUT2D eigenvalue weighted by Crippen LogP contribution is -2.15. The van der Waals surface area contributed by atoms with Crippen molar-refractivity contribution in [3.05, 3.63) is 23.8 Å². The van der Waals surface area contributed by atoms with Crippen molar-refractivity contribution < 1.29 is 8.42 Å². The second-order valence-electron chi connectivity index (χ2n) is 2.75. The maximum absolute atomic E-state index is 11.2. The van der Waals surface area contributed by atoms with Gasteiger partial charge in [-0.3, -0.25) is 0 Å². The summed E-state index contributed by atoms with van der Waals surface area (Å²) in [6, 6.07) is 5.16. The van der Waals surface area contributed by atoms with Gasteiger partial charge in [-0.1, -0.05) is 12.1 Å². The van der Waals surface area contributed by atoms with E-state index in [1.807, 2.05) is 0 Å². The van der Waals surface area contributed by atoms with E-state index in [9.17, 15) is 8.42 Å². The first-order valence-electron chi connectivity index (χ1n) is 3.77. The van der Waals surface area contributed by atoms with Crippen LogP contribution in [0.4, 0.5) is 5.69 Å². The molecule has 72 valence electrons. The zero-order valence-corrected chi connectivity index (χ0v) is 8.35. The predicted octanol–water partition coefficient (Wildman–Crippen LogP) is 0.684. The molecule has 0 amide bonds. The van der Waals surface area contributed by atoms with Crippen molar-refractivity contribution in [3.63, 3.8) is 0 Å². The third kappa shape index (κ3) is 1.99. The van der Waals surface area contributed by atoms with Crippen LogP contribution in [0.25, 0.3) is 0 Å². The van der Waals surface area contributed by atoms with Crippen molar-refractivity contribution in [2.45, 2.75) is 11.8 Å². The van der Waals surface area contributed by atoms with Crippen molar-refractivity contribution in [1.82, 2.24) is 0 Å². The first-order valence-corrected chi connectivity index (χ1v) is 5.31. The molecule has 0 saturated heterocycles. The molecule has 0 aromatic heterocycles. The smallest absolute Gasteiger partial charge is 0.240 e. The van der Waals surface area contributed by atoms with E-state index >= 15 is 0 Å². The molecular weight excluding hydrogens is 188 g/mol. The summed E-state index contributed by atoms with van der Waals surface area (Å²) in [6.07, 6.45) is 0. The number of nitrogens with one attached hydrogen (secondary N) is 1. The first-order chi connectivity index (χ1) is 5.96. The molecule has 0 aliphatic heterocycles. The van der Waals surface area contributed by atoms with Crippen molar-refractivity contribution >= 4 is 15.7 Å². The van der Waals surface area contributed by atoms with E-state index < -0.39 is 10.0 Å². The van der Waals surface area contributed by atoms with Crippen LogP contribution in [0.15, 0.2) is 23.1 Å². The minimum Gasteiger partial charge on any atom is -0.387 e. The molecule has 0 unspecified atom stereocenters. The monoisotopic (exact) mass is 200 g/mol. The summed E-state index contributed by atoms with van der Waals surface area (Å²) < 4.78 is 22.3. The molecule has 3 N–H and O–H groups in total. The Morgan fingerprint density at radius 3 is 2.38 bits per heavy atom. The number of primary sulfonamides is 1. The summed E-state index contributed by atoms with van der Waals surface area (Å²) in [7, 11) is -1.98. The topological polar surface area (TPSA) is 72.2 Å². The lowest BCUT2D eigenvalue weighted by molar-refractivity contribution is 0.597. The highest BCUT2D eigenvalue weighted by Gasteiger charge is 2.15. The zero-order chi connectivity index (χ0) is 10.1. The maximum atomic E-state index is 11.2. The molecule has 0 saturated carbocycles. The average Bonchev–Trinajstić information content (AvgIpc) is 2.01. The maximum Gasteiger partial charge on any atom is 0.240 e. The van der Waals surface area contributed by atoms with E-state index in [-0.39, 0.29) is 4.90 Å². The number of anilines is 1. The van der Waals surface area contributed by atoms with Gasteiger partial charge in [0, 0.05) is 7.05 Å². The third-order valence-electron chi connectivity index (χ3n) is 1.77. The summed E-state index contributed by atoms with van der Waals surface area (Å²) in [5.41, 5.74) is 1.18. The fourth-order valence-corrected chi connectivity index (χ4v) is 2.22. The molecule has 1 rings (SSSR count). The Bertz CT molecular complexity index is 412. The van der Waals surface area contributed by atoms with Crippen LogP contribution in [-0.4, -0.2) is 15.5 Å². The zero-order valence-electron chi connectivity index (χ0n) is 7.53. The Hall–Kier alpha value is -1.07. The fourth-order valence-electron chi connectivity index (χ4n) is 1.23. The molecular formula is C8H12N2O2S. The molecule has 1 aromatic rings. The highest BCUT2D eigenvalue weighted by atomic mass is 32.2. The van der Waals surface area contributed by atoms with Gasteiger partial charge in [-0.05, 0) is 18.6 Å². The van der Waals surface area contributed by atoms with Crippen LogP contribution in [0.1, 0.15) is 5.56 Å². The van der Waals surface area contributed by atoms with E-state index in [4.69, 9.17) is 5.14 Å². The number of hydrogen-bond acceptors (Lipinski definition) is 3. The Kier molecular flexibility index (Phi) is 2.58. The second kappa shape index (κ2) is 3.35. The summed E-state index contributed by atoms with van der Waals surface area (Å²) in [5, 5.41) is 7.85. The van der Waals surface area contributed by atoms with Gasteiger partial charge >= 0.3 is 0 Å². The average molecular weight is 200 g/mol. The molecule has 0 aliphatic carbocycles. The van der Waals surface area contributed by atoms with E-state index in [2.05, 4.69) is 5.32 Å². The summed E-state index contributed by atoms with van der Waals surface area (Å²) in [6.45, 7) is 1.71. The van der Waals surface area contributed by atoms with Crippen molar-refractivity contribution in [2.75, 3.05) is 12.4 Å². The normalized spacial score (nSPS) is 11.3. The SMILES string of the molecule is CNc1cccc(C)c1S(N)(=O)=O. The molecule has 13 heavy (non-hydrogen) atoms. The van der Waals surface area contributed by atoms with Gasteiger partial charge in [0.2, 0.25) is 10.0 Å². The molecule has 0 atom stereocenters. The number of rotatable bonds is 2. The Labute approximate surface area is 77.8 Å². The minimum atomic E-state index is -3.64. The Morgan fingerprint density at radius 2 is 2.00 bits per heavy atom. The van der Waals surface area contributed by atoms with Crippen molar-refractivity contribution in [3.8, 4) is 0 Å². The van der Waals surface area contributed by atoms with E-state index in [0.717, 1.165) is 0 Å². The predicted molar refractivity (Wildman–Crippen MR) is 52.1 cm³/mol. The van der Waals surface area contributed by atoms with E-state index in [0.29, 0.717) is 11.3 Å². The standard InChI is InChI=1S/C8H12N2O2S/c1-6-4-3-5-7(10-2)8(6)13(9,11)12/h3-5,10H,1-2H3,(H2,9,11,12). The molecule has 5 heteroatoms. The van der Waals surface area contributed by atoms with Crippen LogP contribution in [0.5, 0.6) is 0 Å². The number of benzene rings is 1. The van der Waals surface area contributed by atoms with Crippen LogP contribution in [0, 0.1) is 6.92 Å². The molecule has 0 fully saturated rings. The van der Waals surface area contributed by atoms with Crippen LogP contribution in [0.3, 0.4) is 0 Å². The molecule has 0 radical (unpaired) electrons. The highest BCUT2D eigenvalue weighted by molar-refractivity contribution is 7.89. The molecule has 0 spiro atoms. The lowest BCUT2D eigenvalue weighted by atomic mass is 10.2. The fraction of sp³-hybridized carbons (Fsp3) is 0.250. The van der Waals surface area contributed by atoms with Crippen LogP contribution < -0.4 is 10.5 Å². The van der Waals surface area contributed by atoms with Crippen molar-refractivity contribution in [2.24, 2.45) is 5.14 Å². The number of aryl methyl sites for hydroxylation is 1. The summed E-state index contributed by atoms with van der Waals surface area (Å²) >= 11 is 0. The van der Waals surface area contributed by atoms with Gasteiger partial charge in [0.25, 0.3) is 0 Å². The van der Waals surface area contributed by atoms with Gasteiger partial charge in [0.05, 0.1) is 5.69 Å². The van der Waals surface area contributed by atoms with Crippen LogP contribution in [0.2, 0.25) is 0 Å². The van der Waals surface area contributed by atoms with Gasteiger partial charge < -0.3 is 5.32 Å². The quantitative estimate of drug-likeness (QED) is 0.737. The van der Waals surface area contributed by atoms with E-state index in [1.165, 1.54) is 0 Å². The Balaban J connectivity index is 3.50. The van der Waals surface area contributed by atoms with E-state index in [1.54, 1.807) is 32.2 Å². The van der Waals surface area contributed by atoms with Gasteiger partial charge in [-0.2, -0.15) is 0 Å². The summed E-state index contributed by atoms with van der Waals surface area (Å²) in [4.78, 5) is 0.164. The second-order valence-corrected chi connectivity index (χ2v) is 4.24. The third-order valence-corrected chi connectivity index (χ3v) is 2.88. The van der Waals surface area contributed by atoms with Crippen LogP contribution >= 0.6 is 0 Å². The highest BCUT2D eigenvalue weighted by Crippen LogP contribution is 2.22. The number of sulfonamides is 1. The minimum absolute atomic E-state index is 0.164. The van der Waals surface area contributed by atoms with Crippen molar-refractivity contribution in [1.29, 1.82) is 0 Å². The van der Waals surface area contributed by atoms with Gasteiger partial charge in [0.15, 0.2) is 0 Å². The van der Waals surface area contributed by atoms with Gasteiger partial charge in [-0.25, -0.2) is 13.6 Å². The molecule has 0 bridgehead atoms. The van der Waals surface area contributed by atoms with Gasteiger partial charge in [0.1, 0.15) is 4.90 Å².